The number of hydrogen-bond acceptors (Lipinski definition) is 4. The molecule has 0 saturated heterocycles. The van der Waals surface area contributed by atoms with Gasteiger partial charge in [0.1, 0.15) is 5.54 Å². The van der Waals surface area contributed by atoms with Gasteiger partial charge in [-0.25, -0.2) is 12.8 Å². The molecule has 0 bridgehead atoms. The maximum atomic E-state index is 13.4. The number of sulfonamides is 1. The van der Waals surface area contributed by atoms with Gasteiger partial charge in [0, 0.05) is 0 Å². The fourth-order valence-corrected chi connectivity index (χ4v) is 2.57. The first kappa shape index (κ1) is 14.4. The number of benzene rings is 1. The van der Waals surface area contributed by atoms with Crippen LogP contribution in [0.25, 0.3) is 0 Å². The molecule has 0 spiro atoms. The molecule has 5 nitrogen and oxygen atoms in total. The largest absolute Gasteiger partial charge is 0.494 e. The molecule has 0 aliphatic heterocycles. The van der Waals surface area contributed by atoms with Crippen molar-refractivity contribution in [1.82, 2.24) is 4.72 Å². The van der Waals surface area contributed by atoms with E-state index in [1.54, 1.807) is 6.07 Å². The van der Waals surface area contributed by atoms with E-state index in [0.717, 1.165) is 6.07 Å². The highest BCUT2D eigenvalue weighted by Gasteiger charge is 2.26. The topological polar surface area (TPSA) is 79.2 Å². The molecule has 0 aliphatic rings. The van der Waals surface area contributed by atoms with Crippen molar-refractivity contribution in [2.45, 2.75) is 24.3 Å². The molecule has 0 heterocycles. The highest BCUT2D eigenvalue weighted by molar-refractivity contribution is 7.89. The SMILES string of the molecule is COc1ccc(S(=O)(=O)NC(C)(C)C#N)cc1F. The van der Waals surface area contributed by atoms with Crippen molar-refractivity contribution in [1.29, 1.82) is 5.26 Å². The van der Waals surface area contributed by atoms with Crippen LogP contribution in [-0.2, 0) is 10.0 Å². The maximum absolute atomic E-state index is 13.4. The monoisotopic (exact) mass is 272 g/mol. The second kappa shape index (κ2) is 4.92. The molecular formula is C11H13FN2O3S. The van der Waals surface area contributed by atoms with E-state index in [9.17, 15) is 12.8 Å². The van der Waals surface area contributed by atoms with Crippen LogP contribution < -0.4 is 9.46 Å². The molecular weight excluding hydrogens is 259 g/mol. The molecule has 98 valence electrons. The van der Waals surface area contributed by atoms with Crippen molar-refractivity contribution >= 4 is 10.0 Å². The van der Waals surface area contributed by atoms with E-state index in [0.29, 0.717) is 0 Å². The lowest BCUT2D eigenvalue weighted by Gasteiger charge is -2.17. The van der Waals surface area contributed by atoms with Crippen LogP contribution in [-0.4, -0.2) is 21.1 Å². The van der Waals surface area contributed by atoms with Crippen LogP contribution in [0, 0.1) is 17.1 Å². The zero-order chi connectivity index (χ0) is 14.0. The Bertz CT molecular complexity index is 591. The van der Waals surface area contributed by atoms with Crippen LogP contribution in [0.1, 0.15) is 13.8 Å². The quantitative estimate of drug-likeness (QED) is 0.898. The van der Waals surface area contributed by atoms with Gasteiger partial charge in [0.05, 0.1) is 18.1 Å². The van der Waals surface area contributed by atoms with E-state index < -0.39 is 21.4 Å². The Kier molecular flexibility index (Phi) is 3.94. The molecule has 0 aromatic heterocycles. The molecule has 18 heavy (non-hydrogen) atoms. The molecule has 0 aliphatic carbocycles. The van der Waals surface area contributed by atoms with Gasteiger partial charge in [-0.05, 0) is 32.0 Å². The summed E-state index contributed by atoms with van der Waals surface area (Å²) in [5.41, 5.74) is -1.27. The van der Waals surface area contributed by atoms with Crippen LogP contribution in [0.5, 0.6) is 5.75 Å². The summed E-state index contributed by atoms with van der Waals surface area (Å²) in [5.74, 6) is -0.830. The van der Waals surface area contributed by atoms with Crippen molar-refractivity contribution in [2.24, 2.45) is 0 Å². The molecule has 0 radical (unpaired) electrons. The standard InChI is InChI=1S/C11H13FN2O3S/c1-11(2,7-13)14-18(15,16)8-4-5-10(17-3)9(12)6-8/h4-6,14H,1-3H3. The lowest BCUT2D eigenvalue weighted by atomic mass is 10.1. The predicted molar refractivity (Wildman–Crippen MR) is 63.0 cm³/mol. The van der Waals surface area contributed by atoms with Crippen LogP contribution in [0.4, 0.5) is 4.39 Å². The molecule has 0 fully saturated rings. The number of nitrogens with zero attached hydrogens (tertiary/aromatic N) is 1. The molecule has 7 heteroatoms. The first-order valence-electron chi connectivity index (χ1n) is 5.00. The van der Waals surface area contributed by atoms with Crippen molar-refractivity contribution < 1.29 is 17.5 Å². The van der Waals surface area contributed by atoms with E-state index >= 15 is 0 Å². The summed E-state index contributed by atoms with van der Waals surface area (Å²) in [6.07, 6.45) is 0. The molecule has 0 saturated carbocycles. The fraction of sp³-hybridized carbons (Fsp3) is 0.364. The van der Waals surface area contributed by atoms with Gasteiger partial charge in [-0.1, -0.05) is 0 Å². The second-order valence-electron chi connectivity index (χ2n) is 4.14. The summed E-state index contributed by atoms with van der Waals surface area (Å²) >= 11 is 0. The zero-order valence-corrected chi connectivity index (χ0v) is 11.0. The first-order valence-corrected chi connectivity index (χ1v) is 6.49. The zero-order valence-electron chi connectivity index (χ0n) is 10.2. The average Bonchev–Trinajstić information content (AvgIpc) is 2.27. The summed E-state index contributed by atoms with van der Waals surface area (Å²) in [7, 11) is -2.66. The van der Waals surface area contributed by atoms with Gasteiger partial charge in [0.2, 0.25) is 10.0 Å². The Hall–Kier alpha value is -1.65. The minimum atomic E-state index is -3.95. The van der Waals surface area contributed by atoms with Gasteiger partial charge in [-0.2, -0.15) is 9.98 Å². The number of halogens is 1. The summed E-state index contributed by atoms with van der Waals surface area (Å²) in [5, 5.41) is 8.77. The van der Waals surface area contributed by atoms with Gasteiger partial charge in [-0.15, -0.1) is 0 Å². The number of rotatable bonds is 4. The van der Waals surface area contributed by atoms with Crippen molar-refractivity contribution in [2.75, 3.05) is 7.11 Å². The van der Waals surface area contributed by atoms with E-state index in [1.165, 1.54) is 33.1 Å². The first-order chi connectivity index (χ1) is 8.22. The molecule has 1 aromatic rings. The van der Waals surface area contributed by atoms with E-state index in [-0.39, 0.29) is 10.6 Å². The fourth-order valence-electron chi connectivity index (χ4n) is 1.23. The van der Waals surface area contributed by atoms with E-state index in [1.807, 2.05) is 0 Å². The third kappa shape index (κ3) is 3.18. The van der Waals surface area contributed by atoms with Crippen LogP contribution >= 0.6 is 0 Å². The lowest BCUT2D eigenvalue weighted by molar-refractivity contribution is 0.385. The third-order valence-corrected chi connectivity index (χ3v) is 3.76. The molecule has 1 aromatic carbocycles. The highest BCUT2D eigenvalue weighted by atomic mass is 32.2. The normalized spacial score (nSPS) is 11.9. The smallest absolute Gasteiger partial charge is 0.242 e. The van der Waals surface area contributed by atoms with Crippen LogP contribution in [0.3, 0.4) is 0 Å². The molecule has 1 N–H and O–H groups in total. The third-order valence-electron chi connectivity index (χ3n) is 2.10. The molecule has 0 atom stereocenters. The summed E-state index contributed by atoms with van der Waals surface area (Å²) in [6, 6.07) is 5.06. The summed E-state index contributed by atoms with van der Waals surface area (Å²) < 4.78 is 44.1. The van der Waals surface area contributed by atoms with Gasteiger partial charge in [0.25, 0.3) is 0 Å². The number of hydrogen-bond donors (Lipinski definition) is 1. The van der Waals surface area contributed by atoms with E-state index in [2.05, 4.69) is 4.72 Å². The second-order valence-corrected chi connectivity index (χ2v) is 5.82. The number of nitrogens with one attached hydrogen (secondary N) is 1. The van der Waals surface area contributed by atoms with Crippen molar-refractivity contribution in [3.05, 3.63) is 24.0 Å². The molecule has 0 amide bonds. The minimum Gasteiger partial charge on any atom is -0.494 e. The van der Waals surface area contributed by atoms with Crippen molar-refractivity contribution in [3.63, 3.8) is 0 Å². The highest BCUT2D eigenvalue weighted by Crippen LogP contribution is 2.21. The summed E-state index contributed by atoms with van der Waals surface area (Å²) in [4.78, 5) is -0.260. The van der Waals surface area contributed by atoms with Gasteiger partial charge >= 0.3 is 0 Å². The molecule has 1 rings (SSSR count). The Balaban J connectivity index is 3.15. The van der Waals surface area contributed by atoms with Crippen LogP contribution in [0.2, 0.25) is 0 Å². The maximum Gasteiger partial charge on any atom is 0.242 e. The van der Waals surface area contributed by atoms with Gasteiger partial charge in [-0.3, -0.25) is 0 Å². The predicted octanol–water partition coefficient (Wildman–Crippen LogP) is 1.41. The Morgan fingerprint density at radius 1 is 1.44 bits per heavy atom. The Morgan fingerprint density at radius 2 is 2.06 bits per heavy atom. The summed E-state index contributed by atoms with van der Waals surface area (Å²) in [6.45, 7) is 2.81. The van der Waals surface area contributed by atoms with Crippen molar-refractivity contribution in [3.8, 4) is 11.8 Å². The lowest BCUT2D eigenvalue weighted by Crippen LogP contribution is -2.41. The van der Waals surface area contributed by atoms with Gasteiger partial charge in [0.15, 0.2) is 11.6 Å². The number of methoxy groups -OCH3 is 1. The van der Waals surface area contributed by atoms with E-state index in [4.69, 9.17) is 10.00 Å². The Morgan fingerprint density at radius 3 is 2.50 bits per heavy atom. The number of ether oxygens (including phenoxy) is 1. The Labute approximate surface area is 105 Å². The molecule has 0 unspecified atom stereocenters. The van der Waals surface area contributed by atoms with Gasteiger partial charge < -0.3 is 4.74 Å². The number of nitriles is 1. The minimum absolute atomic E-state index is 0.0477. The average molecular weight is 272 g/mol. The van der Waals surface area contributed by atoms with Crippen LogP contribution in [0.15, 0.2) is 23.1 Å².